The van der Waals surface area contributed by atoms with Gasteiger partial charge in [0, 0.05) is 11.7 Å². The van der Waals surface area contributed by atoms with Gasteiger partial charge in [-0.15, -0.1) is 0 Å². The van der Waals surface area contributed by atoms with Crippen LogP contribution in [0, 0.1) is 6.92 Å². The van der Waals surface area contributed by atoms with Crippen LogP contribution in [-0.4, -0.2) is 33.2 Å². The Balaban J connectivity index is 1.92. The SMILES string of the molecule is Cc1cccc(N(CC(=O)N2c3ccccc3C[C@@H]2C)S(C)(=O)=O)c1. The molecule has 0 unspecified atom stereocenters. The summed E-state index contributed by atoms with van der Waals surface area (Å²) in [6.07, 6.45) is 1.91. The minimum absolute atomic E-state index is 0.0174. The Hall–Kier alpha value is -2.34. The molecule has 0 radical (unpaired) electrons. The summed E-state index contributed by atoms with van der Waals surface area (Å²) >= 11 is 0. The van der Waals surface area contributed by atoms with E-state index in [4.69, 9.17) is 0 Å². The standard InChI is InChI=1S/C19H22N2O3S/c1-14-7-6-9-17(11-14)20(25(3,23)24)13-19(22)21-15(2)12-16-8-4-5-10-18(16)21/h4-11,15H,12-13H2,1-3H3/t15-/m0/s1. The van der Waals surface area contributed by atoms with E-state index >= 15 is 0 Å². The van der Waals surface area contributed by atoms with E-state index in [0.29, 0.717) is 5.69 Å². The summed E-state index contributed by atoms with van der Waals surface area (Å²) in [6, 6.07) is 15.0. The van der Waals surface area contributed by atoms with Crippen molar-refractivity contribution in [2.24, 2.45) is 0 Å². The smallest absolute Gasteiger partial charge is 0.248 e. The number of benzene rings is 2. The van der Waals surface area contributed by atoms with E-state index in [1.54, 1.807) is 23.1 Å². The van der Waals surface area contributed by atoms with Crippen molar-refractivity contribution in [2.75, 3.05) is 22.0 Å². The van der Waals surface area contributed by atoms with Gasteiger partial charge in [-0.25, -0.2) is 8.42 Å². The minimum atomic E-state index is -3.57. The average Bonchev–Trinajstić information content (AvgIpc) is 2.87. The van der Waals surface area contributed by atoms with Crippen LogP contribution in [-0.2, 0) is 21.2 Å². The van der Waals surface area contributed by atoms with Gasteiger partial charge >= 0.3 is 0 Å². The van der Waals surface area contributed by atoms with Gasteiger partial charge < -0.3 is 4.90 Å². The number of para-hydroxylation sites is 1. The van der Waals surface area contributed by atoms with Crippen molar-refractivity contribution < 1.29 is 13.2 Å². The van der Waals surface area contributed by atoms with Crippen LogP contribution in [0.25, 0.3) is 0 Å². The van der Waals surface area contributed by atoms with Gasteiger partial charge in [0.1, 0.15) is 6.54 Å². The largest absolute Gasteiger partial charge is 0.307 e. The van der Waals surface area contributed by atoms with Crippen molar-refractivity contribution >= 4 is 27.3 Å². The van der Waals surface area contributed by atoms with Crippen LogP contribution in [0.15, 0.2) is 48.5 Å². The number of rotatable bonds is 4. The molecule has 0 N–H and O–H groups in total. The molecule has 25 heavy (non-hydrogen) atoms. The molecule has 2 aromatic carbocycles. The quantitative estimate of drug-likeness (QED) is 0.844. The molecule has 0 saturated carbocycles. The van der Waals surface area contributed by atoms with E-state index in [9.17, 15) is 13.2 Å². The lowest BCUT2D eigenvalue weighted by atomic mass is 10.1. The zero-order valence-electron chi connectivity index (χ0n) is 14.6. The molecule has 1 atom stereocenters. The van der Waals surface area contributed by atoms with Gasteiger partial charge in [-0.05, 0) is 49.6 Å². The van der Waals surface area contributed by atoms with Crippen LogP contribution in [0.3, 0.4) is 0 Å². The molecule has 0 aromatic heterocycles. The molecule has 5 nitrogen and oxygen atoms in total. The summed E-state index contributed by atoms with van der Waals surface area (Å²) in [5.74, 6) is -0.218. The third-order valence-electron chi connectivity index (χ3n) is 4.44. The number of fused-ring (bicyclic) bond motifs is 1. The van der Waals surface area contributed by atoms with Crippen LogP contribution in [0.5, 0.6) is 0 Å². The monoisotopic (exact) mass is 358 g/mol. The van der Waals surface area contributed by atoms with Gasteiger partial charge in [0.25, 0.3) is 0 Å². The van der Waals surface area contributed by atoms with E-state index in [-0.39, 0.29) is 18.5 Å². The first kappa shape index (κ1) is 17.5. The molecular formula is C19H22N2O3S. The average molecular weight is 358 g/mol. The van der Waals surface area contributed by atoms with Crippen molar-refractivity contribution in [3.63, 3.8) is 0 Å². The second-order valence-electron chi connectivity index (χ2n) is 6.55. The zero-order chi connectivity index (χ0) is 18.2. The number of hydrogen-bond donors (Lipinski definition) is 0. The summed E-state index contributed by atoms with van der Waals surface area (Å²) in [7, 11) is -3.57. The first-order chi connectivity index (χ1) is 11.8. The molecule has 0 saturated heterocycles. The molecule has 132 valence electrons. The first-order valence-electron chi connectivity index (χ1n) is 8.21. The molecule has 0 bridgehead atoms. The predicted octanol–water partition coefficient (Wildman–Crippen LogP) is 2.74. The number of nitrogens with zero attached hydrogens (tertiary/aromatic N) is 2. The molecule has 1 aliphatic rings. The van der Waals surface area contributed by atoms with Gasteiger partial charge in [-0.2, -0.15) is 0 Å². The van der Waals surface area contributed by atoms with E-state index < -0.39 is 10.0 Å². The van der Waals surface area contributed by atoms with E-state index in [1.807, 2.05) is 44.2 Å². The van der Waals surface area contributed by atoms with Crippen LogP contribution < -0.4 is 9.21 Å². The first-order valence-corrected chi connectivity index (χ1v) is 10.1. The maximum absolute atomic E-state index is 13.0. The number of carbonyl (C=O) groups excluding carboxylic acids is 1. The highest BCUT2D eigenvalue weighted by Gasteiger charge is 2.33. The summed E-state index contributed by atoms with van der Waals surface area (Å²) in [5, 5.41) is 0. The second kappa shape index (κ2) is 6.52. The Morgan fingerprint density at radius 2 is 1.92 bits per heavy atom. The second-order valence-corrected chi connectivity index (χ2v) is 8.46. The fourth-order valence-corrected chi connectivity index (χ4v) is 4.17. The highest BCUT2D eigenvalue weighted by Crippen LogP contribution is 2.32. The number of carbonyl (C=O) groups is 1. The van der Waals surface area contributed by atoms with Crippen LogP contribution >= 0.6 is 0 Å². The summed E-state index contributed by atoms with van der Waals surface area (Å²) in [5.41, 5.74) is 3.44. The van der Waals surface area contributed by atoms with Gasteiger partial charge in [0.2, 0.25) is 15.9 Å². The molecule has 3 rings (SSSR count). The summed E-state index contributed by atoms with van der Waals surface area (Å²) in [4.78, 5) is 14.7. The van der Waals surface area contributed by atoms with Crippen LogP contribution in [0.1, 0.15) is 18.1 Å². The molecule has 0 spiro atoms. The lowest BCUT2D eigenvalue weighted by Gasteiger charge is -2.28. The Morgan fingerprint density at radius 1 is 1.20 bits per heavy atom. The van der Waals surface area contributed by atoms with E-state index in [2.05, 4.69) is 0 Å². The van der Waals surface area contributed by atoms with E-state index in [0.717, 1.165) is 29.5 Å². The maximum Gasteiger partial charge on any atom is 0.248 e. The Morgan fingerprint density at radius 3 is 2.60 bits per heavy atom. The zero-order valence-corrected chi connectivity index (χ0v) is 15.5. The highest BCUT2D eigenvalue weighted by atomic mass is 32.2. The molecular weight excluding hydrogens is 336 g/mol. The van der Waals surface area contributed by atoms with Gasteiger partial charge in [0.15, 0.2) is 0 Å². The molecule has 1 amide bonds. The number of aryl methyl sites for hydroxylation is 1. The number of hydrogen-bond acceptors (Lipinski definition) is 3. The fourth-order valence-electron chi connectivity index (χ4n) is 3.33. The van der Waals surface area contributed by atoms with E-state index in [1.165, 1.54) is 4.31 Å². The minimum Gasteiger partial charge on any atom is -0.307 e. The number of amides is 1. The number of sulfonamides is 1. The van der Waals surface area contributed by atoms with Crippen LogP contribution in [0.2, 0.25) is 0 Å². The van der Waals surface area contributed by atoms with Crippen molar-refractivity contribution in [1.29, 1.82) is 0 Å². The van der Waals surface area contributed by atoms with Crippen molar-refractivity contribution in [3.05, 3.63) is 59.7 Å². The predicted molar refractivity (Wildman–Crippen MR) is 100 cm³/mol. The number of anilines is 2. The maximum atomic E-state index is 13.0. The topological polar surface area (TPSA) is 57.7 Å². The van der Waals surface area contributed by atoms with Crippen molar-refractivity contribution in [2.45, 2.75) is 26.3 Å². The third kappa shape index (κ3) is 3.54. The van der Waals surface area contributed by atoms with Gasteiger partial charge in [-0.3, -0.25) is 9.10 Å². The van der Waals surface area contributed by atoms with Crippen LogP contribution in [0.4, 0.5) is 11.4 Å². The molecule has 2 aromatic rings. The lowest BCUT2D eigenvalue weighted by Crippen LogP contribution is -2.45. The molecule has 0 fully saturated rings. The molecule has 0 aliphatic carbocycles. The van der Waals surface area contributed by atoms with Gasteiger partial charge in [-0.1, -0.05) is 30.3 Å². The van der Waals surface area contributed by atoms with Gasteiger partial charge in [0.05, 0.1) is 11.9 Å². The Kier molecular flexibility index (Phi) is 4.56. The highest BCUT2D eigenvalue weighted by molar-refractivity contribution is 7.92. The molecule has 1 aliphatic heterocycles. The lowest BCUT2D eigenvalue weighted by molar-refractivity contribution is -0.117. The fraction of sp³-hybridized carbons (Fsp3) is 0.316. The summed E-state index contributed by atoms with van der Waals surface area (Å²) in [6.45, 7) is 3.67. The van der Waals surface area contributed by atoms with Crippen molar-refractivity contribution in [3.8, 4) is 0 Å². The normalized spacial score (nSPS) is 16.6. The summed E-state index contributed by atoms with van der Waals surface area (Å²) < 4.78 is 25.7. The Bertz CT molecular complexity index is 908. The van der Waals surface area contributed by atoms with Crippen molar-refractivity contribution in [1.82, 2.24) is 0 Å². The Labute approximate surface area is 148 Å². The molecule has 1 heterocycles. The third-order valence-corrected chi connectivity index (χ3v) is 5.59. The molecule has 6 heteroatoms.